The Balaban J connectivity index is 1.45. The van der Waals surface area contributed by atoms with Gasteiger partial charge in [-0.1, -0.05) is 35.4 Å². The number of amides is 4. The molecule has 0 radical (unpaired) electrons. The predicted octanol–water partition coefficient (Wildman–Crippen LogP) is 4.59. The average Bonchev–Trinajstić information content (AvgIpc) is 3.31. The van der Waals surface area contributed by atoms with E-state index in [9.17, 15) is 33.5 Å². The van der Waals surface area contributed by atoms with Crippen molar-refractivity contribution in [2.75, 3.05) is 11.4 Å². The molecular weight excluding hydrogens is 579 g/mol. The zero-order valence-corrected chi connectivity index (χ0v) is 24.3. The Labute approximate surface area is 251 Å². The fourth-order valence-electron chi connectivity index (χ4n) is 7.80. The van der Waals surface area contributed by atoms with Gasteiger partial charge in [0.1, 0.15) is 11.6 Å². The molecule has 2 aromatic rings. The van der Waals surface area contributed by atoms with Gasteiger partial charge < -0.3 is 10.2 Å². The van der Waals surface area contributed by atoms with Crippen LogP contribution in [0.1, 0.15) is 49.7 Å². The van der Waals surface area contributed by atoms with E-state index in [0.29, 0.717) is 11.1 Å². The summed E-state index contributed by atoms with van der Waals surface area (Å²) in [6.45, 7) is 3.46. The quantitative estimate of drug-likeness (QED) is 0.362. The molecule has 11 heteroatoms. The number of allylic oxidation sites excluding steroid dienone is 2. The Morgan fingerprint density at radius 2 is 1.81 bits per heavy atom. The molecule has 224 valence electrons. The topological polar surface area (TPSA) is 132 Å². The Hall–Kier alpha value is -4.05. The number of aromatic hydroxyl groups is 1. The van der Waals surface area contributed by atoms with Gasteiger partial charge in [-0.2, -0.15) is 0 Å². The van der Waals surface area contributed by atoms with Crippen molar-refractivity contribution in [2.24, 2.45) is 29.1 Å². The van der Waals surface area contributed by atoms with Gasteiger partial charge in [0.2, 0.25) is 23.6 Å². The summed E-state index contributed by atoms with van der Waals surface area (Å²) in [7, 11) is 0. The van der Waals surface area contributed by atoms with Crippen LogP contribution in [0.15, 0.2) is 48.0 Å². The molecule has 3 fully saturated rings. The summed E-state index contributed by atoms with van der Waals surface area (Å²) >= 11 is 6.03. The minimum Gasteiger partial charge on any atom is -0.508 e. The Morgan fingerprint density at radius 3 is 2.49 bits per heavy atom. The van der Waals surface area contributed by atoms with Crippen LogP contribution in [0.4, 0.5) is 10.1 Å². The van der Waals surface area contributed by atoms with Gasteiger partial charge in [-0.25, -0.2) is 9.29 Å². The summed E-state index contributed by atoms with van der Waals surface area (Å²) in [6.07, 6.45) is 2.29. The van der Waals surface area contributed by atoms with Crippen molar-refractivity contribution in [1.82, 2.24) is 4.90 Å². The van der Waals surface area contributed by atoms with Gasteiger partial charge in [-0.05, 0) is 74.4 Å². The molecule has 0 aromatic heterocycles. The fraction of sp³-hybridized carbons (Fsp3) is 0.406. The number of carbonyl (C=O) groups excluding carboxylic acids is 4. The first-order valence-corrected chi connectivity index (χ1v) is 14.6. The van der Waals surface area contributed by atoms with Crippen molar-refractivity contribution in [3.63, 3.8) is 0 Å². The molecule has 2 N–H and O–H groups in total. The van der Waals surface area contributed by atoms with Crippen LogP contribution in [0.2, 0.25) is 5.02 Å². The van der Waals surface area contributed by atoms with Crippen LogP contribution >= 0.6 is 11.6 Å². The average molecular weight is 609 g/mol. The van der Waals surface area contributed by atoms with E-state index in [0.717, 1.165) is 21.4 Å². The second-order valence-electron chi connectivity index (χ2n) is 12.1. The molecule has 2 heterocycles. The summed E-state index contributed by atoms with van der Waals surface area (Å²) < 4.78 is 14.0. The maximum Gasteiger partial charge on any atom is 0.303 e. The standard InChI is InChI=1S/C32H30ClFN2O7/c1-15-12-16(5-10-24(15)37)27-18-7-8-19-26(30(42)35(28(19)40)11-3-4-25(38)39)20(18)14-21-29(41)36(31(43)32(21,27)2)17-6-9-23(34)22(33)13-17/h5-7,9-10,12-13,19-21,26-27,37H,3-4,8,11,14H2,1-2H3,(H,38,39). The highest BCUT2D eigenvalue weighted by molar-refractivity contribution is 6.31. The fourth-order valence-corrected chi connectivity index (χ4v) is 7.97. The van der Waals surface area contributed by atoms with E-state index in [1.165, 1.54) is 18.2 Å². The Morgan fingerprint density at radius 1 is 1.07 bits per heavy atom. The highest BCUT2D eigenvalue weighted by atomic mass is 35.5. The number of halogens is 2. The highest BCUT2D eigenvalue weighted by Gasteiger charge is 2.67. The lowest BCUT2D eigenvalue weighted by molar-refractivity contribution is -0.142. The Bertz CT molecular complexity index is 1640. The molecule has 6 unspecified atom stereocenters. The minimum absolute atomic E-state index is 0.00271. The van der Waals surface area contributed by atoms with E-state index < -0.39 is 58.6 Å². The second-order valence-corrected chi connectivity index (χ2v) is 12.5. The number of carboxylic acid groups (broad SMARTS) is 1. The smallest absolute Gasteiger partial charge is 0.303 e. The van der Waals surface area contributed by atoms with Gasteiger partial charge in [0.15, 0.2) is 0 Å². The lowest BCUT2D eigenvalue weighted by Crippen LogP contribution is -2.48. The molecule has 9 nitrogen and oxygen atoms in total. The minimum atomic E-state index is -1.29. The van der Waals surface area contributed by atoms with Crippen LogP contribution in [0, 0.1) is 41.8 Å². The molecular formula is C32H30ClFN2O7. The largest absolute Gasteiger partial charge is 0.508 e. The van der Waals surface area contributed by atoms with Crippen molar-refractivity contribution in [2.45, 2.75) is 45.4 Å². The lowest BCUT2D eigenvalue weighted by Gasteiger charge is -2.49. The summed E-state index contributed by atoms with van der Waals surface area (Å²) in [4.78, 5) is 68.9. The number of rotatable bonds is 6. The third-order valence-electron chi connectivity index (χ3n) is 9.85. The van der Waals surface area contributed by atoms with Crippen molar-refractivity contribution in [1.29, 1.82) is 0 Å². The number of imide groups is 2. The van der Waals surface area contributed by atoms with E-state index in [2.05, 4.69) is 0 Å². The van der Waals surface area contributed by atoms with E-state index in [-0.39, 0.29) is 60.5 Å². The van der Waals surface area contributed by atoms with Crippen molar-refractivity contribution in [3.05, 3.63) is 70.0 Å². The molecule has 6 rings (SSSR count). The lowest BCUT2D eigenvalue weighted by atomic mass is 9.51. The van der Waals surface area contributed by atoms with Crippen molar-refractivity contribution >= 4 is 46.9 Å². The van der Waals surface area contributed by atoms with E-state index >= 15 is 0 Å². The van der Waals surface area contributed by atoms with Crippen LogP contribution < -0.4 is 4.90 Å². The first-order chi connectivity index (χ1) is 20.4. The number of carbonyl (C=O) groups is 5. The van der Waals surface area contributed by atoms with Gasteiger partial charge >= 0.3 is 5.97 Å². The molecule has 2 saturated heterocycles. The van der Waals surface area contributed by atoms with Crippen LogP contribution in [0.25, 0.3) is 0 Å². The van der Waals surface area contributed by atoms with Gasteiger partial charge in [0.25, 0.3) is 0 Å². The normalized spacial score (nSPS) is 29.9. The number of aliphatic carboxylic acids is 1. The number of phenolic OH excluding ortho intramolecular Hbond substituents is 1. The maximum atomic E-state index is 14.4. The first kappa shape index (κ1) is 29.0. The number of phenols is 1. The van der Waals surface area contributed by atoms with E-state index in [1.54, 1.807) is 26.0 Å². The van der Waals surface area contributed by atoms with E-state index in [1.807, 2.05) is 6.08 Å². The first-order valence-electron chi connectivity index (χ1n) is 14.3. The summed E-state index contributed by atoms with van der Waals surface area (Å²) in [5.41, 5.74) is 0.906. The molecule has 0 spiro atoms. The summed E-state index contributed by atoms with van der Waals surface area (Å²) in [5.74, 6) is -6.79. The Kier molecular flexibility index (Phi) is 6.95. The zero-order chi connectivity index (χ0) is 31.0. The number of carboxylic acids is 1. The molecule has 2 aliphatic carbocycles. The number of anilines is 1. The van der Waals surface area contributed by atoms with Gasteiger partial charge in [-0.15, -0.1) is 0 Å². The maximum absolute atomic E-state index is 14.4. The van der Waals surface area contributed by atoms with Crippen LogP contribution in [-0.4, -0.2) is 51.3 Å². The number of aryl methyl sites for hydroxylation is 1. The third-order valence-corrected chi connectivity index (χ3v) is 10.1. The number of fused-ring (bicyclic) bond motifs is 4. The second kappa shape index (κ2) is 10.3. The summed E-state index contributed by atoms with van der Waals surface area (Å²) in [6, 6.07) is 8.67. The molecule has 2 aliphatic heterocycles. The molecule has 6 atom stereocenters. The van der Waals surface area contributed by atoms with Gasteiger partial charge in [0, 0.05) is 18.9 Å². The SMILES string of the molecule is Cc1cc(C2C3=CCC4C(=O)N(CCCC(=O)O)C(=O)C4C3CC3C(=O)N(c4ccc(F)c(Cl)c4)C(=O)C32C)ccc1O. The number of likely N-dealkylation sites (tertiary alicyclic amines) is 1. The van der Waals surface area contributed by atoms with Crippen LogP contribution in [-0.2, 0) is 24.0 Å². The van der Waals surface area contributed by atoms with E-state index in [4.69, 9.17) is 16.7 Å². The highest BCUT2D eigenvalue weighted by Crippen LogP contribution is 2.63. The van der Waals surface area contributed by atoms with Crippen molar-refractivity contribution in [3.8, 4) is 5.75 Å². The van der Waals surface area contributed by atoms with Gasteiger partial charge in [0.05, 0.1) is 33.9 Å². The third kappa shape index (κ3) is 4.29. The number of benzene rings is 2. The predicted molar refractivity (Wildman–Crippen MR) is 152 cm³/mol. The number of nitrogens with zero attached hydrogens (tertiary/aromatic N) is 2. The monoisotopic (exact) mass is 608 g/mol. The number of hydrogen-bond donors (Lipinski definition) is 2. The van der Waals surface area contributed by atoms with Gasteiger partial charge in [-0.3, -0.25) is 28.9 Å². The van der Waals surface area contributed by atoms with Crippen LogP contribution in [0.3, 0.4) is 0 Å². The molecule has 1 saturated carbocycles. The molecule has 0 bridgehead atoms. The molecule has 43 heavy (non-hydrogen) atoms. The number of hydrogen-bond acceptors (Lipinski definition) is 6. The molecule has 4 aliphatic rings. The molecule has 4 amide bonds. The molecule has 2 aromatic carbocycles. The van der Waals surface area contributed by atoms with Crippen LogP contribution in [0.5, 0.6) is 5.75 Å². The zero-order valence-electron chi connectivity index (χ0n) is 23.5. The van der Waals surface area contributed by atoms with Crippen molar-refractivity contribution < 1.29 is 38.6 Å². The summed E-state index contributed by atoms with van der Waals surface area (Å²) in [5, 5.41) is 19.1.